The summed E-state index contributed by atoms with van der Waals surface area (Å²) in [5.74, 6) is 0. The summed E-state index contributed by atoms with van der Waals surface area (Å²) >= 11 is 1.91. The maximum absolute atomic E-state index is 2.50. The molecule has 0 aliphatic heterocycles. The highest BCUT2D eigenvalue weighted by Crippen LogP contribution is 2.48. The Hall–Kier alpha value is -6.68. The second kappa shape index (κ2) is 10.9. The summed E-state index contributed by atoms with van der Waals surface area (Å²) in [6.07, 6.45) is 0. The van der Waals surface area contributed by atoms with Crippen LogP contribution in [0.2, 0.25) is 0 Å². The highest BCUT2D eigenvalue weighted by molar-refractivity contribution is 7.26. The zero-order chi connectivity index (χ0) is 34.6. The predicted molar refractivity (Wildman–Crippen MR) is 228 cm³/mol. The van der Waals surface area contributed by atoms with Crippen LogP contribution in [0, 0.1) is 0 Å². The number of rotatable bonds is 3. The van der Waals surface area contributed by atoms with Crippen molar-refractivity contribution >= 4 is 96.7 Å². The molecule has 9 aromatic carbocycles. The van der Waals surface area contributed by atoms with E-state index in [1.165, 1.54) is 108 Å². The number of benzene rings is 9. The van der Waals surface area contributed by atoms with Crippen molar-refractivity contribution in [3.8, 4) is 22.5 Å². The molecule has 3 heterocycles. The molecular formula is C50H30N2S. The van der Waals surface area contributed by atoms with Gasteiger partial charge < -0.3 is 9.13 Å². The molecule has 12 aromatic rings. The van der Waals surface area contributed by atoms with Gasteiger partial charge in [0.25, 0.3) is 0 Å². The zero-order valence-electron chi connectivity index (χ0n) is 28.6. The Bertz CT molecular complexity index is 3460. The number of fused-ring (bicyclic) bond motifs is 12. The van der Waals surface area contributed by atoms with E-state index in [-0.39, 0.29) is 0 Å². The van der Waals surface area contributed by atoms with Crippen LogP contribution in [0.25, 0.3) is 108 Å². The van der Waals surface area contributed by atoms with Gasteiger partial charge in [-0.2, -0.15) is 0 Å². The van der Waals surface area contributed by atoms with E-state index in [9.17, 15) is 0 Å². The van der Waals surface area contributed by atoms with E-state index in [0.717, 1.165) is 0 Å². The first-order valence-electron chi connectivity index (χ1n) is 18.2. The highest BCUT2D eigenvalue weighted by atomic mass is 32.1. The molecule has 3 aromatic heterocycles. The third kappa shape index (κ3) is 4.08. The number of thiophene rings is 1. The van der Waals surface area contributed by atoms with Crippen molar-refractivity contribution in [2.24, 2.45) is 0 Å². The molecule has 246 valence electrons. The van der Waals surface area contributed by atoms with Gasteiger partial charge in [0, 0.05) is 48.1 Å². The lowest BCUT2D eigenvalue weighted by Crippen LogP contribution is -1.95. The average molecular weight is 691 g/mol. The fourth-order valence-corrected chi connectivity index (χ4v) is 10.2. The molecule has 0 saturated heterocycles. The number of hydrogen-bond acceptors (Lipinski definition) is 1. The van der Waals surface area contributed by atoms with Gasteiger partial charge in [-0.05, 0) is 81.9 Å². The van der Waals surface area contributed by atoms with Gasteiger partial charge in [0.05, 0.1) is 32.5 Å². The summed E-state index contributed by atoms with van der Waals surface area (Å²) in [7, 11) is 0. The maximum Gasteiger partial charge on any atom is 0.0720 e. The van der Waals surface area contributed by atoms with E-state index < -0.39 is 0 Å². The molecule has 0 aliphatic rings. The SMILES string of the molecule is c1ccc2cc(-n3c4ccccc4c4cc(-c5ccc6c(c5)c5ccccc5n6-c5cccc6ccccc56)c5c6ccccc6sc5c43)ccc2c1. The molecule has 0 saturated carbocycles. The van der Waals surface area contributed by atoms with Crippen LogP contribution in [0.1, 0.15) is 0 Å². The summed E-state index contributed by atoms with van der Waals surface area (Å²) in [6.45, 7) is 0. The molecule has 0 N–H and O–H groups in total. The third-order valence-corrected chi connectivity index (χ3v) is 12.4. The molecule has 0 aliphatic carbocycles. The van der Waals surface area contributed by atoms with Crippen LogP contribution < -0.4 is 0 Å². The molecule has 0 radical (unpaired) electrons. The Labute approximate surface area is 309 Å². The van der Waals surface area contributed by atoms with Crippen LogP contribution in [0.5, 0.6) is 0 Å². The number of hydrogen-bond donors (Lipinski definition) is 0. The van der Waals surface area contributed by atoms with Crippen LogP contribution >= 0.6 is 11.3 Å². The first kappa shape index (κ1) is 29.0. The molecule has 0 fully saturated rings. The van der Waals surface area contributed by atoms with E-state index >= 15 is 0 Å². The van der Waals surface area contributed by atoms with Gasteiger partial charge in [-0.15, -0.1) is 11.3 Å². The zero-order valence-corrected chi connectivity index (χ0v) is 29.4. The minimum absolute atomic E-state index is 1.18. The number of nitrogens with zero attached hydrogens (tertiary/aromatic N) is 2. The van der Waals surface area contributed by atoms with Gasteiger partial charge in [-0.25, -0.2) is 0 Å². The smallest absolute Gasteiger partial charge is 0.0720 e. The van der Waals surface area contributed by atoms with E-state index in [1.54, 1.807) is 0 Å². The van der Waals surface area contributed by atoms with Crippen LogP contribution in [-0.2, 0) is 0 Å². The minimum Gasteiger partial charge on any atom is -0.309 e. The highest BCUT2D eigenvalue weighted by Gasteiger charge is 2.22. The summed E-state index contributed by atoms with van der Waals surface area (Å²) in [5.41, 5.74) is 9.83. The molecule has 53 heavy (non-hydrogen) atoms. The first-order chi connectivity index (χ1) is 26.3. The normalized spacial score (nSPS) is 12.2. The second-order valence-electron chi connectivity index (χ2n) is 14.1. The Kier molecular flexibility index (Phi) is 5.96. The lowest BCUT2D eigenvalue weighted by molar-refractivity contribution is 1.19. The van der Waals surface area contributed by atoms with Crippen LogP contribution in [0.3, 0.4) is 0 Å². The molecule has 0 amide bonds. The van der Waals surface area contributed by atoms with Crippen molar-refractivity contribution < 1.29 is 0 Å². The van der Waals surface area contributed by atoms with Crippen LogP contribution in [0.4, 0.5) is 0 Å². The van der Waals surface area contributed by atoms with Crippen molar-refractivity contribution in [2.75, 3.05) is 0 Å². The van der Waals surface area contributed by atoms with Gasteiger partial charge in [0.1, 0.15) is 0 Å². The van der Waals surface area contributed by atoms with Gasteiger partial charge >= 0.3 is 0 Å². The van der Waals surface area contributed by atoms with E-state index in [1.807, 2.05) is 11.3 Å². The average Bonchev–Trinajstić information content (AvgIpc) is 3.88. The minimum atomic E-state index is 1.18. The fourth-order valence-electron chi connectivity index (χ4n) is 8.95. The molecule has 0 bridgehead atoms. The van der Waals surface area contributed by atoms with E-state index in [4.69, 9.17) is 0 Å². The molecule has 0 unspecified atom stereocenters. The Morgan fingerprint density at radius 1 is 0.377 bits per heavy atom. The van der Waals surface area contributed by atoms with Gasteiger partial charge in [-0.3, -0.25) is 0 Å². The third-order valence-electron chi connectivity index (χ3n) is 11.3. The molecule has 3 heteroatoms. The summed E-state index contributed by atoms with van der Waals surface area (Å²) < 4.78 is 7.58. The molecule has 0 atom stereocenters. The summed E-state index contributed by atoms with van der Waals surface area (Å²) in [4.78, 5) is 0. The molecular weight excluding hydrogens is 661 g/mol. The number of para-hydroxylation sites is 2. The predicted octanol–water partition coefficient (Wildman–Crippen LogP) is 14.2. The van der Waals surface area contributed by atoms with Crippen molar-refractivity contribution in [3.05, 3.63) is 182 Å². The van der Waals surface area contributed by atoms with Crippen molar-refractivity contribution in [3.63, 3.8) is 0 Å². The van der Waals surface area contributed by atoms with Gasteiger partial charge in [-0.1, -0.05) is 127 Å². The van der Waals surface area contributed by atoms with Crippen molar-refractivity contribution in [2.45, 2.75) is 0 Å². The second-order valence-corrected chi connectivity index (χ2v) is 15.1. The topological polar surface area (TPSA) is 9.86 Å². The standard InChI is InChI=1S/C50H30N2S/c1-2-14-33-28-35(26-24-31(33)12-1)51-44-20-8-6-18-38(44)42-30-40(48-39-19-7-10-23-47(39)53-50(48)49(42)51)34-25-27-46-41(29-34)37-17-5-9-21-45(37)52(46)43-22-11-15-32-13-3-4-16-36(32)43/h1-30H. The quantitative estimate of drug-likeness (QED) is 0.175. The maximum atomic E-state index is 2.50. The van der Waals surface area contributed by atoms with Gasteiger partial charge in [0.15, 0.2) is 0 Å². The molecule has 2 nitrogen and oxygen atoms in total. The lowest BCUT2D eigenvalue weighted by Gasteiger charge is -2.13. The van der Waals surface area contributed by atoms with Gasteiger partial charge in [0.2, 0.25) is 0 Å². The largest absolute Gasteiger partial charge is 0.309 e. The Morgan fingerprint density at radius 3 is 1.87 bits per heavy atom. The fraction of sp³-hybridized carbons (Fsp3) is 0. The summed E-state index contributed by atoms with van der Waals surface area (Å²) in [5, 5.41) is 12.7. The van der Waals surface area contributed by atoms with E-state index in [2.05, 4.69) is 191 Å². The molecule has 0 spiro atoms. The van der Waals surface area contributed by atoms with Crippen molar-refractivity contribution in [1.82, 2.24) is 9.13 Å². The van der Waals surface area contributed by atoms with Crippen molar-refractivity contribution in [1.29, 1.82) is 0 Å². The molecule has 12 rings (SSSR count). The van der Waals surface area contributed by atoms with E-state index in [0.29, 0.717) is 0 Å². The van der Waals surface area contributed by atoms with Crippen LogP contribution in [0.15, 0.2) is 182 Å². The van der Waals surface area contributed by atoms with Crippen LogP contribution in [-0.4, -0.2) is 9.13 Å². The lowest BCUT2D eigenvalue weighted by atomic mass is 9.95. The Balaban J connectivity index is 1.19. The monoisotopic (exact) mass is 690 g/mol. The first-order valence-corrected chi connectivity index (χ1v) is 19.0. The summed E-state index contributed by atoms with van der Waals surface area (Å²) in [6, 6.07) is 67.2. The number of aromatic nitrogens is 2. The Morgan fingerprint density at radius 2 is 1.02 bits per heavy atom.